The van der Waals surface area contributed by atoms with E-state index in [0.717, 1.165) is 4.31 Å². The van der Waals surface area contributed by atoms with Crippen molar-refractivity contribution >= 4 is 45.2 Å². The first-order chi connectivity index (χ1) is 14.2. The number of rotatable bonds is 6. The first-order valence-corrected chi connectivity index (χ1v) is 11.4. The molecule has 3 N–H and O–H groups in total. The lowest BCUT2D eigenvalue weighted by atomic mass is 10.1. The van der Waals surface area contributed by atoms with Gasteiger partial charge in [0.15, 0.2) is 5.82 Å². The van der Waals surface area contributed by atoms with Gasteiger partial charge in [-0.05, 0) is 36.8 Å². The lowest BCUT2D eigenvalue weighted by molar-refractivity contribution is -0.146. The van der Waals surface area contributed by atoms with Crippen LogP contribution >= 0.6 is 11.8 Å². The van der Waals surface area contributed by atoms with E-state index in [1.807, 2.05) is 0 Å². The molecule has 1 aromatic heterocycles. The highest BCUT2D eigenvalue weighted by molar-refractivity contribution is 8.00. The molecule has 0 spiro atoms. The van der Waals surface area contributed by atoms with Gasteiger partial charge in [0.25, 0.3) is 10.0 Å². The highest BCUT2D eigenvalue weighted by Crippen LogP contribution is 2.40. The van der Waals surface area contributed by atoms with Crippen LogP contribution in [0.4, 0.5) is 11.5 Å². The Bertz CT molecular complexity index is 1160. The minimum absolute atomic E-state index is 0.0172. The number of nitrogens with two attached hydrogens (primary N) is 1. The summed E-state index contributed by atoms with van der Waals surface area (Å²) in [6.45, 7) is 1.33. The quantitative estimate of drug-likeness (QED) is 0.492. The summed E-state index contributed by atoms with van der Waals surface area (Å²) in [5.41, 5.74) is 6.19. The molecule has 2 aliphatic heterocycles. The Balaban J connectivity index is 1.79. The molecule has 1 amide bonds. The van der Waals surface area contributed by atoms with Gasteiger partial charge in [0, 0.05) is 17.5 Å². The number of carbonyl (C=O) groups is 2. The molecule has 1 fully saturated rings. The molecule has 4 rings (SSSR count). The smallest absolute Gasteiger partial charge is 0.352 e. The second kappa shape index (κ2) is 7.36. The lowest BCUT2D eigenvalue weighted by Gasteiger charge is -2.44. The Morgan fingerprint density at radius 3 is 2.67 bits per heavy atom. The molecule has 1 aromatic carbocycles. The van der Waals surface area contributed by atoms with Crippen molar-refractivity contribution in [1.29, 1.82) is 0 Å². The molecular weight excluding hydrogens is 432 g/mol. The highest BCUT2D eigenvalue weighted by Gasteiger charge is 2.46. The van der Waals surface area contributed by atoms with Gasteiger partial charge in [0.2, 0.25) is 5.91 Å². The Morgan fingerprint density at radius 1 is 1.40 bits per heavy atom. The summed E-state index contributed by atoms with van der Waals surface area (Å²) in [5, 5.41) is 13.3. The van der Waals surface area contributed by atoms with Crippen LogP contribution in [0.3, 0.4) is 0 Å². The summed E-state index contributed by atoms with van der Waals surface area (Å²) in [4.78, 5) is 25.1. The Labute approximate surface area is 176 Å². The number of carbonyl (C=O) groups excluding carboxylic acids is 1. The van der Waals surface area contributed by atoms with Gasteiger partial charge in [-0.25, -0.2) is 17.5 Å². The number of aryl methyl sites for hydroxylation is 1. The minimum Gasteiger partial charge on any atom is -0.477 e. The molecule has 0 bridgehead atoms. The molecule has 30 heavy (non-hydrogen) atoms. The van der Waals surface area contributed by atoms with E-state index in [1.165, 1.54) is 47.0 Å². The number of anilines is 2. The third kappa shape index (κ3) is 3.41. The molecule has 1 saturated heterocycles. The van der Waals surface area contributed by atoms with Gasteiger partial charge in [0.05, 0.1) is 23.2 Å². The number of hydrogen-bond acceptors (Lipinski definition) is 8. The molecule has 158 valence electrons. The van der Waals surface area contributed by atoms with Crippen LogP contribution in [0.2, 0.25) is 0 Å². The predicted molar refractivity (Wildman–Crippen MR) is 109 cm³/mol. The van der Waals surface area contributed by atoms with Gasteiger partial charge in [-0.1, -0.05) is 5.16 Å². The number of aliphatic carboxylic acids is 1. The molecular formula is C18H18N4O6S2. The fourth-order valence-electron chi connectivity index (χ4n) is 3.30. The molecule has 0 aliphatic carbocycles. The number of fused-ring (bicyclic) bond motifs is 1. The van der Waals surface area contributed by atoms with Crippen LogP contribution in [-0.4, -0.2) is 53.1 Å². The zero-order valence-electron chi connectivity index (χ0n) is 15.8. The van der Waals surface area contributed by atoms with Crippen LogP contribution < -0.4 is 10.0 Å². The molecule has 1 atom stereocenters. The zero-order chi connectivity index (χ0) is 21.6. The number of β-lactam (4-membered cyclic amide) rings is 1. The average Bonchev–Trinajstić information content (AvgIpc) is 3.11. The summed E-state index contributed by atoms with van der Waals surface area (Å²) >= 11 is 1.40. The highest BCUT2D eigenvalue weighted by atomic mass is 32.2. The fourth-order valence-corrected chi connectivity index (χ4v) is 5.95. The van der Waals surface area contributed by atoms with E-state index in [2.05, 4.69) is 5.16 Å². The van der Waals surface area contributed by atoms with Crippen molar-refractivity contribution in [3.63, 3.8) is 0 Å². The second-order valence-electron chi connectivity index (χ2n) is 6.87. The molecule has 2 aliphatic rings. The number of sulfonamides is 1. The van der Waals surface area contributed by atoms with E-state index in [9.17, 15) is 23.1 Å². The van der Waals surface area contributed by atoms with Gasteiger partial charge < -0.3 is 15.4 Å². The van der Waals surface area contributed by atoms with E-state index < -0.39 is 16.0 Å². The summed E-state index contributed by atoms with van der Waals surface area (Å²) in [6.07, 6.45) is 0.269. The number of nitrogen functional groups attached to an aromatic ring is 1. The monoisotopic (exact) mass is 450 g/mol. The molecule has 3 heterocycles. The Morgan fingerprint density at radius 2 is 2.10 bits per heavy atom. The topological polar surface area (TPSA) is 147 Å². The Kier molecular flexibility index (Phi) is 4.98. The third-order valence-corrected chi connectivity index (χ3v) is 7.85. The van der Waals surface area contributed by atoms with Gasteiger partial charge in [-0.3, -0.25) is 9.69 Å². The predicted octanol–water partition coefficient (Wildman–Crippen LogP) is 1.40. The summed E-state index contributed by atoms with van der Waals surface area (Å²) in [6, 6.07) is 7.09. The van der Waals surface area contributed by atoms with Crippen molar-refractivity contribution in [2.75, 3.05) is 22.3 Å². The molecule has 12 heteroatoms. The van der Waals surface area contributed by atoms with Gasteiger partial charge in [-0.2, -0.15) is 0 Å². The molecule has 0 radical (unpaired) electrons. The van der Waals surface area contributed by atoms with Crippen LogP contribution in [0.25, 0.3) is 0 Å². The van der Waals surface area contributed by atoms with Gasteiger partial charge in [-0.15, -0.1) is 11.8 Å². The van der Waals surface area contributed by atoms with Crippen molar-refractivity contribution in [1.82, 2.24) is 10.1 Å². The first kappa shape index (κ1) is 20.3. The van der Waals surface area contributed by atoms with E-state index in [0.29, 0.717) is 17.0 Å². The van der Waals surface area contributed by atoms with E-state index in [1.54, 1.807) is 6.92 Å². The van der Waals surface area contributed by atoms with Crippen molar-refractivity contribution < 1.29 is 27.6 Å². The van der Waals surface area contributed by atoms with Crippen LogP contribution in [0.15, 0.2) is 51.0 Å². The van der Waals surface area contributed by atoms with Crippen molar-refractivity contribution in [2.45, 2.75) is 23.6 Å². The van der Waals surface area contributed by atoms with Crippen molar-refractivity contribution in [2.24, 2.45) is 0 Å². The molecule has 0 saturated carbocycles. The number of hydrogen-bond donors (Lipinski definition) is 2. The largest absolute Gasteiger partial charge is 0.477 e. The molecule has 2 aromatic rings. The number of benzene rings is 1. The van der Waals surface area contributed by atoms with Crippen LogP contribution in [-0.2, 0) is 19.6 Å². The fraction of sp³-hybridized carbons (Fsp3) is 0.278. The van der Waals surface area contributed by atoms with Crippen LogP contribution in [0, 0.1) is 6.92 Å². The summed E-state index contributed by atoms with van der Waals surface area (Å²) in [7, 11) is -4.12. The maximum absolute atomic E-state index is 13.4. The number of carboxylic acid groups (broad SMARTS) is 1. The van der Waals surface area contributed by atoms with Gasteiger partial charge >= 0.3 is 5.97 Å². The number of thioether (sulfide) groups is 1. The number of aromatic nitrogens is 1. The second-order valence-corrected chi connectivity index (χ2v) is 9.90. The maximum atomic E-state index is 13.4. The van der Waals surface area contributed by atoms with Crippen LogP contribution in [0.5, 0.6) is 0 Å². The SMILES string of the molecule is Cc1cc(N(CC2=C(C(=O)O)N3C(=O)C[C@H]3SC2)S(=O)(=O)c2ccc(N)cc2)no1. The van der Waals surface area contributed by atoms with Gasteiger partial charge in [0.1, 0.15) is 11.5 Å². The van der Waals surface area contributed by atoms with E-state index in [4.69, 9.17) is 10.3 Å². The van der Waals surface area contributed by atoms with E-state index in [-0.39, 0.29) is 46.4 Å². The number of carboxylic acids is 1. The van der Waals surface area contributed by atoms with Crippen molar-refractivity contribution in [3.05, 3.63) is 47.4 Å². The van der Waals surface area contributed by atoms with E-state index >= 15 is 0 Å². The molecule has 0 unspecified atom stereocenters. The third-order valence-electron chi connectivity index (χ3n) is 4.81. The maximum Gasteiger partial charge on any atom is 0.352 e. The minimum atomic E-state index is -4.12. The molecule has 10 nitrogen and oxygen atoms in total. The normalized spacial score (nSPS) is 18.8. The number of amides is 1. The van der Waals surface area contributed by atoms with Crippen molar-refractivity contribution in [3.8, 4) is 0 Å². The Hall–Kier alpha value is -2.99. The average molecular weight is 450 g/mol. The zero-order valence-corrected chi connectivity index (χ0v) is 17.4. The lowest BCUT2D eigenvalue weighted by Crippen LogP contribution is -2.54. The number of nitrogens with zero attached hydrogens (tertiary/aromatic N) is 3. The summed E-state index contributed by atoms with van der Waals surface area (Å²) < 4.78 is 32.8. The standard InChI is InChI=1S/C18H18N4O6S2/c1-10-6-14(20-28-10)21(30(26,27)13-4-2-12(19)3-5-13)8-11-9-29-16-7-15(23)22(16)17(11)18(24)25/h2-6,16H,7-9,19H2,1H3,(H,24,25)/t16-/m1/s1. The van der Waals surface area contributed by atoms with Crippen LogP contribution in [0.1, 0.15) is 12.2 Å². The first-order valence-electron chi connectivity index (χ1n) is 8.89. The summed E-state index contributed by atoms with van der Waals surface area (Å²) in [5.74, 6) is -0.882.